The van der Waals surface area contributed by atoms with E-state index in [-0.39, 0.29) is 5.41 Å². The molecule has 236 valence electrons. The first-order valence-corrected chi connectivity index (χ1v) is 18.0. The van der Waals surface area contributed by atoms with Crippen LogP contribution < -0.4 is 0 Å². The third-order valence-electron chi connectivity index (χ3n) is 10.5. The third kappa shape index (κ3) is 4.33. The number of hydrogen-bond donors (Lipinski definition) is 0. The zero-order chi connectivity index (χ0) is 33.4. The van der Waals surface area contributed by atoms with Crippen LogP contribution in [-0.2, 0) is 5.41 Å². The molecule has 2 aromatic heterocycles. The molecule has 0 spiro atoms. The van der Waals surface area contributed by atoms with Crippen LogP contribution in [0.3, 0.4) is 0 Å². The normalized spacial score (nSPS) is 13.2. The topological polar surface area (TPSA) is 25.8 Å². The first kappa shape index (κ1) is 29.1. The predicted octanol–water partition coefficient (Wildman–Crippen LogP) is 13.0. The fraction of sp³-hybridized carbons (Fsp3) is 0.0638. The van der Waals surface area contributed by atoms with Gasteiger partial charge in [0.05, 0.1) is 11.2 Å². The van der Waals surface area contributed by atoms with Gasteiger partial charge in [0.1, 0.15) is 0 Å². The summed E-state index contributed by atoms with van der Waals surface area (Å²) < 4.78 is 2.55. The Balaban J connectivity index is 1.16. The highest BCUT2D eigenvalue weighted by Gasteiger charge is 2.37. The van der Waals surface area contributed by atoms with Gasteiger partial charge in [-0.3, -0.25) is 0 Å². The molecule has 1 aliphatic carbocycles. The van der Waals surface area contributed by atoms with Gasteiger partial charge in [0.2, 0.25) is 0 Å². The monoisotopic (exact) mass is 656 g/mol. The lowest BCUT2D eigenvalue weighted by molar-refractivity contribution is 0.660. The van der Waals surface area contributed by atoms with Crippen molar-refractivity contribution in [1.82, 2.24) is 9.97 Å². The maximum absolute atomic E-state index is 5.33. The van der Waals surface area contributed by atoms with E-state index in [0.29, 0.717) is 0 Å². The van der Waals surface area contributed by atoms with Crippen LogP contribution in [0.5, 0.6) is 0 Å². The summed E-state index contributed by atoms with van der Waals surface area (Å²) in [4.78, 5) is 10.5. The van der Waals surface area contributed by atoms with Gasteiger partial charge in [-0.15, -0.1) is 11.3 Å². The van der Waals surface area contributed by atoms with Crippen molar-refractivity contribution < 1.29 is 0 Å². The van der Waals surface area contributed by atoms with Crippen LogP contribution in [0.15, 0.2) is 158 Å². The summed E-state index contributed by atoms with van der Waals surface area (Å²) in [5.41, 5.74) is 14.3. The molecule has 0 fully saturated rings. The van der Waals surface area contributed by atoms with Gasteiger partial charge >= 0.3 is 0 Å². The Morgan fingerprint density at radius 2 is 1.12 bits per heavy atom. The summed E-state index contributed by atoms with van der Waals surface area (Å²) in [7, 11) is 0. The number of hydrogen-bond acceptors (Lipinski definition) is 3. The summed E-state index contributed by atoms with van der Waals surface area (Å²) in [6.45, 7) is 4.70. The van der Waals surface area contributed by atoms with Gasteiger partial charge < -0.3 is 0 Å². The number of benzene rings is 7. The van der Waals surface area contributed by atoms with Crippen LogP contribution in [0.2, 0.25) is 0 Å². The average molecular weight is 657 g/mol. The van der Waals surface area contributed by atoms with Crippen molar-refractivity contribution in [2.24, 2.45) is 0 Å². The summed E-state index contributed by atoms with van der Waals surface area (Å²) in [6, 6.07) is 56.9. The van der Waals surface area contributed by atoms with Crippen LogP contribution in [0.1, 0.15) is 25.0 Å². The van der Waals surface area contributed by atoms with Gasteiger partial charge in [-0.25, -0.2) is 9.97 Å². The zero-order valence-corrected chi connectivity index (χ0v) is 28.6. The summed E-state index contributed by atoms with van der Waals surface area (Å²) in [6.07, 6.45) is 0. The number of nitrogens with zero attached hydrogens (tertiary/aromatic N) is 2. The van der Waals surface area contributed by atoms with Gasteiger partial charge in [0, 0.05) is 42.1 Å². The second-order valence-electron chi connectivity index (χ2n) is 13.7. The standard InChI is InChI=1S/C47H32N2S/c1-47(2)38-20-9-6-16-35(38)43-39(47)28-27-32(29-13-4-3-5-14-29)42(43)30-23-25-31(26-24-30)46-48-40-21-10-7-17-36(40)44(49-46)37-19-12-18-34-33-15-8-11-22-41(33)50-45(34)37/h3-28H,1-2H3. The molecule has 0 N–H and O–H groups in total. The van der Waals surface area contributed by atoms with E-state index in [1.54, 1.807) is 0 Å². The van der Waals surface area contributed by atoms with Gasteiger partial charge in [0.15, 0.2) is 5.82 Å². The summed E-state index contributed by atoms with van der Waals surface area (Å²) in [5, 5.41) is 3.62. The third-order valence-corrected chi connectivity index (χ3v) is 11.7. The number of para-hydroxylation sites is 1. The lowest BCUT2D eigenvalue weighted by Crippen LogP contribution is -2.14. The first-order valence-electron chi connectivity index (χ1n) is 17.2. The fourth-order valence-corrected chi connectivity index (χ4v) is 9.30. The lowest BCUT2D eigenvalue weighted by atomic mass is 9.80. The van der Waals surface area contributed by atoms with Crippen molar-refractivity contribution in [1.29, 1.82) is 0 Å². The number of rotatable bonds is 4. The average Bonchev–Trinajstić information content (AvgIpc) is 3.67. The van der Waals surface area contributed by atoms with Crippen LogP contribution in [0, 0.1) is 0 Å². The maximum Gasteiger partial charge on any atom is 0.160 e. The second kappa shape index (κ2) is 11.1. The predicted molar refractivity (Wildman–Crippen MR) is 212 cm³/mol. The molecule has 50 heavy (non-hydrogen) atoms. The number of fused-ring (bicyclic) bond motifs is 7. The Morgan fingerprint density at radius 1 is 0.440 bits per heavy atom. The minimum Gasteiger partial charge on any atom is -0.228 e. The first-order chi connectivity index (χ1) is 24.6. The highest BCUT2D eigenvalue weighted by molar-refractivity contribution is 7.26. The molecule has 0 bridgehead atoms. The smallest absolute Gasteiger partial charge is 0.160 e. The van der Waals surface area contributed by atoms with E-state index in [1.807, 2.05) is 11.3 Å². The zero-order valence-electron chi connectivity index (χ0n) is 27.8. The molecule has 7 aromatic carbocycles. The molecule has 0 atom stereocenters. The minimum atomic E-state index is -0.0809. The van der Waals surface area contributed by atoms with Crippen molar-refractivity contribution in [3.63, 3.8) is 0 Å². The molecule has 2 heterocycles. The van der Waals surface area contributed by atoms with Crippen molar-refractivity contribution in [2.45, 2.75) is 19.3 Å². The number of aromatic nitrogens is 2. The van der Waals surface area contributed by atoms with Gasteiger partial charge in [-0.1, -0.05) is 159 Å². The molecule has 3 heteroatoms. The van der Waals surface area contributed by atoms with Crippen molar-refractivity contribution in [2.75, 3.05) is 0 Å². The van der Waals surface area contributed by atoms with Gasteiger partial charge in [-0.2, -0.15) is 0 Å². The molecule has 2 nitrogen and oxygen atoms in total. The van der Waals surface area contributed by atoms with E-state index < -0.39 is 0 Å². The Bertz CT molecular complexity index is 2770. The van der Waals surface area contributed by atoms with Crippen LogP contribution in [0.4, 0.5) is 0 Å². The van der Waals surface area contributed by atoms with Crippen LogP contribution in [-0.4, -0.2) is 9.97 Å². The molecule has 0 saturated carbocycles. The van der Waals surface area contributed by atoms with E-state index in [2.05, 4.69) is 172 Å². The van der Waals surface area contributed by atoms with E-state index in [0.717, 1.165) is 33.5 Å². The fourth-order valence-electron chi connectivity index (χ4n) is 8.08. The highest BCUT2D eigenvalue weighted by Crippen LogP contribution is 2.54. The van der Waals surface area contributed by atoms with E-state index >= 15 is 0 Å². The molecule has 0 unspecified atom stereocenters. The van der Waals surface area contributed by atoms with Crippen LogP contribution in [0.25, 0.3) is 87.1 Å². The van der Waals surface area contributed by atoms with E-state index in [4.69, 9.17) is 9.97 Å². The van der Waals surface area contributed by atoms with Crippen molar-refractivity contribution >= 4 is 42.4 Å². The van der Waals surface area contributed by atoms with Crippen molar-refractivity contribution in [3.05, 3.63) is 169 Å². The second-order valence-corrected chi connectivity index (χ2v) is 14.8. The summed E-state index contributed by atoms with van der Waals surface area (Å²) in [5.74, 6) is 0.733. The largest absolute Gasteiger partial charge is 0.228 e. The Kier molecular flexibility index (Phi) is 6.43. The Hall–Kier alpha value is -5.90. The van der Waals surface area contributed by atoms with Crippen LogP contribution >= 0.6 is 11.3 Å². The lowest BCUT2D eigenvalue weighted by Gasteiger charge is -2.23. The summed E-state index contributed by atoms with van der Waals surface area (Å²) >= 11 is 1.84. The molecule has 0 amide bonds. The molecule has 1 aliphatic rings. The number of thiophene rings is 1. The maximum atomic E-state index is 5.33. The Labute approximate surface area is 295 Å². The molecular formula is C47H32N2S. The van der Waals surface area contributed by atoms with E-state index in [1.165, 1.54) is 64.7 Å². The minimum absolute atomic E-state index is 0.0809. The van der Waals surface area contributed by atoms with Crippen molar-refractivity contribution in [3.8, 4) is 56.0 Å². The Morgan fingerprint density at radius 3 is 1.98 bits per heavy atom. The molecule has 9 aromatic rings. The molecule has 10 rings (SSSR count). The van der Waals surface area contributed by atoms with E-state index in [9.17, 15) is 0 Å². The highest BCUT2D eigenvalue weighted by atomic mass is 32.1. The molecular weight excluding hydrogens is 625 g/mol. The molecule has 0 aliphatic heterocycles. The molecule has 0 radical (unpaired) electrons. The quantitative estimate of drug-likeness (QED) is 0.188. The SMILES string of the molecule is CC1(C)c2ccccc2-c2c1ccc(-c1ccccc1)c2-c1ccc(-c2nc(-c3cccc4c3sc3ccccc34)c3ccccc3n2)cc1. The molecule has 0 saturated heterocycles. The van der Waals surface area contributed by atoms with Gasteiger partial charge in [-0.05, 0) is 56.6 Å². The van der Waals surface area contributed by atoms with Gasteiger partial charge in [0.25, 0.3) is 0 Å².